The summed E-state index contributed by atoms with van der Waals surface area (Å²) in [5, 5.41) is 7.15. The van der Waals surface area contributed by atoms with Crippen LogP contribution in [0.3, 0.4) is 0 Å². The predicted molar refractivity (Wildman–Crippen MR) is 97.2 cm³/mol. The molecule has 1 aromatic carbocycles. The first kappa shape index (κ1) is 16.8. The molecule has 2 amide bonds. The van der Waals surface area contributed by atoms with Crippen molar-refractivity contribution < 1.29 is 14.3 Å². The summed E-state index contributed by atoms with van der Waals surface area (Å²) in [6, 6.07) is 7.17. The van der Waals surface area contributed by atoms with Gasteiger partial charge < -0.3 is 15.0 Å². The van der Waals surface area contributed by atoms with Crippen molar-refractivity contribution >= 4 is 23.2 Å². The smallest absolute Gasteiger partial charge is 0.255 e. The molecule has 26 heavy (non-hydrogen) atoms. The summed E-state index contributed by atoms with van der Waals surface area (Å²) in [4.78, 5) is 26.2. The maximum atomic E-state index is 12.5. The fourth-order valence-corrected chi connectivity index (χ4v) is 3.46. The van der Waals surface area contributed by atoms with Crippen LogP contribution in [0.4, 0.5) is 11.4 Å². The van der Waals surface area contributed by atoms with Crippen molar-refractivity contribution in [2.45, 2.75) is 38.3 Å². The van der Waals surface area contributed by atoms with Gasteiger partial charge in [-0.3, -0.25) is 14.3 Å². The van der Waals surface area contributed by atoms with E-state index in [0.29, 0.717) is 30.8 Å². The normalized spacial score (nSPS) is 19.9. The Hall–Kier alpha value is -2.67. The molecule has 4 rings (SSSR count). The maximum absolute atomic E-state index is 12.5. The first-order valence-electron chi connectivity index (χ1n) is 9.05. The Bertz CT molecular complexity index is 811. The van der Waals surface area contributed by atoms with Crippen LogP contribution in [0.15, 0.2) is 36.7 Å². The first-order chi connectivity index (χ1) is 12.7. The highest BCUT2D eigenvalue weighted by Crippen LogP contribution is 2.23. The zero-order chi connectivity index (χ0) is 17.9. The Morgan fingerprint density at radius 3 is 3.04 bits per heavy atom. The SMILES string of the molecule is O=C(Nc1cnn(CC2CCCO2)c1)c1cccc(N2CCCC2=O)c1. The molecule has 0 spiro atoms. The van der Waals surface area contributed by atoms with Crippen molar-refractivity contribution in [1.82, 2.24) is 9.78 Å². The lowest BCUT2D eigenvalue weighted by Crippen LogP contribution is -2.24. The number of anilines is 2. The molecule has 1 aromatic heterocycles. The van der Waals surface area contributed by atoms with E-state index < -0.39 is 0 Å². The molecule has 1 unspecified atom stereocenters. The average molecular weight is 354 g/mol. The third-order valence-corrected chi connectivity index (χ3v) is 4.80. The van der Waals surface area contributed by atoms with E-state index in [1.807, 2.05) is 12.3 Å². The Balaban J connectivity index is 1.41. The van der Waals surface area contributed by atoms with Crippen molar-refractivity contribution in [3.8, 4) is 0 Å². The molecule has 2 saturated heterocycles. The molecule has 1 N–H and O–H groups in total. The number of ether oxygens (including phenoxy) is 1. The molecule has 2 aliphatic rings. The van der Waals surface area contributed by atoms with Crippen LogP contribution in [-0.2, 0) is 16.1 Å². The van der Waals surface area contributed by atoms with Gasteiger partial charge in [0.25, 0.3) is 5.91 Å². The van der Waals surface area contributed by atoms with Crippen LogP contribution in [0.2, 0.25) is 0 Å². The maximum Gasteiger partial charge on any atom is 0.255 e. The average Bonchev–Trinajstić information content (AvgIpc) is 3.39. The van der Waals surface area contributed by atoms with Gasteiger partial charge in [-0.1, -0.05) is 6.07 Å². The van der Waals surface area contributed by atoms with E-state index in [-0.39, 0.29) is 17.9 Å². The van der Waals surface area contributed by atoms with Gasteiger partial charge in [0.1, 0.15) is 0 Å². The largest absolute Gasteiger partial charge is 0.376 e. The van der Waals surface area contributed by atoms with Gasteiger partial charge in [0, 0.05) is 37.0 Å². The molecule has 7 heteroatoms. The molecule has 2 aromatic rings. The van der Waals surface area contributed by atoms with Crippen molar-refractivity contribution in [2.75, 3.05) is 23.4 Å². The number of carbonyl (C=O) groups is 2. The van der Waals surface area contributed by atoms with Gasteiger partial charge in [0.15, 0.2) is 0 Å². The second kappa shape index (κ2) is 7.29. The number of rotatable bonds is 5. The molecular formula is C19H22N4O3. The van der Waals surface area contributed by atoms with E-state index in [1.54, 1.807) is 34.0 Å². The number of hydrogen-bond acceptors (Lipinski definition) is 4. The Morgan fingerprint density at radius 2 is 2.27 bits per heavy atom. The van der Waals surface area contributed by atoms with Gasteiger partial charge in [-0.05, 0) is 37.5 Å². The molecule has 0 bridgehead atoms. The fourth-order valence-electron chi connectivity index (χ4n) is 3.46. The van der Waals surface area contributed by atoms with Crippen molar-refractivity contribution in [1.29, 1.82) is 0 Å². The van der Waals surface area contributed by atoms with Crippen molar-refractivity contribution in [3.63, 3.8) is 0 Å². The second-order valence-corrected chi connectivity index (χ2v) is 6.74. The van der Waals surface area contributed by atoms with E-state index in [0.717, 1.165) is 31.6 Å². The zero-order valence-electron chi connectivity index (χ0n) is 14.6. The lowest BCUT2D eigenvalue weighted by Gasteiger charge is -2.16. The van der Waals surface area contributed by atoms with Crippen molar-refractivity contribution in [3.05, 3.63) is 42.2 Å². The monoisotopic (exact) mass is 354 g/mol. The summed E-state index contributed by atoms with van der Waals surface area (Å²) >= 11 is 0. The van der Waals surface area contributed by atoms with Crippen LogP contribution >= 0.6 is 0 Å². The summed E-state index contributed by atoms with van der Waals surface area (Å²) in [5.74, 6) is -0.104. The molecule has 136 valence electrons. The molecular weight excluding hydrogens is 332 g/mol. The lowest BCUT2D eigenvalue weighted by atomic mass is 10.1. The minimum atomic E-state index is -0.213. The van der Waals surface area contributed by atoms with E-state index in [1.165, 1.54) is 0 Å². The third kappa shape index (κ3) is 3.62. The Kier molecular flexibility index (Phi) is 4.71. The summed E-state index contributed by atoms with van der Waals surface area (Å²) < 4.78 is 7.40. The van der Waals surface area contributed by atoms with Gasteiger partial charge in [-0.25, -0.2) is 0 Å². The molecule has 1 atom stereocenters. The number of benzene rings is 1. The van der Waals surface area contributed by atoms with Gasteiger partial charge in [0.2, 0.25) is 5.91 Å². The fraction of sp³-hybridized carbons (Fsp3) is 0.421. The minimum absolute atomic E-state index is 0.109. The van der Waals surface area contributed by atoms with E-state index in [2.05, 4.69) is 10.4 Å². The number of nitrogens with one attached hydrogen (secondary N) is 1. The highest BCUT2D eigenvalue weighted by molar-refractivity contribution is 6.05. The summed E-state index contributed by atoms with van der Waals surface area (Å²) in [5.41, 5.74) is 1.94. The summed E-state index contributed by atoms with van der Waals surface area (Å²) in [6.07, 6.45) is 7.22. The first-order valence-corrected chi connectivity index (χ1v) is 9.05. The number of carbonyl (C=O) groups excluding carboxylic acids is 2. The minimum Gasteiger partial charge on any atom is -0.376 e. The highest BCUT2D eigenvalue weighted by Gasteiger charge is 2.22. The van der Waals surface area contributed by atoms with Crippen LogP contribution < -0.4 is 10.2 Å². The lowest BCUT2D eigenvalue weighted by molar-refractivity contribution is -0.117. The molecule has 2 aliphatic heterocycles. The molecule has 7 nitrogen and oxygen atoms in total. The third-order valence-electron chi connectivity index (χ3n) is 4.80. The summed E-state index contributed by atoms with van der Waals surface area (Å²) in [6.45, 7) is 2.22. The number of aromatic nitrogens is 2. The molecule has 3 heterocycles. The summed E-state index contributed by atoms with van der Waals surface area (Å²) in [7, 11) is 0. The molecule has 0 radical (unpaired) electrons. The number of nitrogens with zero attached hydrogens (tertiary/aromatic N) is 3. The number of hydrogen-bond donors (Lipinski definition) is 1. The van der Waals surface area contributed by atoms with Crippen LogP contribution in [-0.4, -0.2) is 40.9 Å². The van der Waals surface area contributed by atoms with E-state index >= 15 is 0 Å². The van der Waals surface area contributed by atoms with E-state index in [4.69, 9.17) is 4.74 Å². The van der Waals surface area contributed by atoms with Crippen LogP contribution in [0.1, 0.15) is 36.0 Å². The van der Waals surface area contributed by atoms with Gasteiger partial charge >= 0.3 is 0 Å². The molecule has 2 fully saturated rings. The molecule has 0 aliphatic carbocycles. The van der Waals surface area contributed by atoms with Gasteiger partial charge in [-0.15, -0.1) is 0 Å². The second-order valence-electron chi connectivity index (χ2n) is 6.74. The molecule has 0 saturated carbocycles. The van der Waals surface area contributed by atoms with Gasteiger partial charge in [0.05, 0.1) is 24.5 Å². The predicted octanol–water partition coefficient (Wildman–Crippen LogP) is 2.44. The highest BCUT2D eigenvalue weighted by atomic mass is 16.5. The standard InChI is InChI=1S/C19H22N4O3/c24-18-7-2-8-23(18)16-5-1-4-14(10-16)19(25)21-15-11-20-22(12-15)13-17-6-3-9-26-17/h1,4-5,10-12,17H,2-3,6-9,13H2,(H,21,25). The van der Waals surface area contributed by atoms with E-state index in [9.17, 15) is 9.59 Å². The number of amides is 2. The zero-order valence-corrected chi connectivity index (χ0v) is 14.6. The topological polar surface area (TPSA) is 76.5 Å². The van der Waals surface area contributed by atoms with Gasteiger partial charge in [-0.2, -0.15) is 5.10 Å². The van der Waals surface area contributed by atoms with Crippen LogP contribution in [0.5, 0.6) is 0 Å². The van der Waals surface area contributed by atoms with Crippen LogP contribution in [0, 0.1) is 0 Å². The Morgan fingerprint density at radius 1 is 1.35 bits per heavy atom. The van der Waals surface area contributed by atoms with Crippen molar-refractivity contribution in [2.24, 2.45) is 0 Å². The Labute approximate surface area is 151 Å². The van der Waals surface area contributed by atoms with Crippen LogP contribution in [0.25, 0.3) is 0 Å². The quantitative estimate of drug-likeness (QED) is 0.895.